The Hall–Kier alpha value is 0.310. The van der Waals surface area contributed by atoms with E-state index in [1.54, 1.807) is 0 Å². The van der Waals surface area contributed by atoms with E-state index in [9.17, 15) is 0 Å². The van der Waals surface area contributed by atoms with Crippen LogP contribution in [-0.2, 0) is 0 Å². The number of halogens is 1. The molecule has 0 radical (unpaired) electrons. The molecule has 0 aromatic heterocycles. The van der Waals surface area contributed by atoms with Crippen LogP contribution in [-0.4, -0.2) is 62.1 Å². The van der Waals surface area contributed by atoms with Crippen LogP contribution in [0.5, 0.6) is 0 Å². The number of nitrogens with one attached hydrogen (secondary N) is 2. The van der Waals surface area contributed by atoms with Gasteiger partial charge in [-0.1, -0.05) is 13.8 Å². The van der Waals surface area contributed by atoms with E-state index in [1.807, 2.05) is 11.8 Å². The van der Waals surface area contributed by atoms with Gasteiger partial charge in [-0.05, 0) is 63.0 Å². The summed E-state index contributed by atoms with van der Waals surface area (Å²) in [4.78, 5) is 7.45. The summed E-state index contributed by atoms with van der Waals surface area (Å²) < 4.78 is 0. The zero-order valence-corrected chi connectivity index (χ0v) is 19.3. The Kier molecular flexibility index (Phi) is 15.8. The van der Waals surface area contributed by atoms with Gasteiger partial charge >= 0.3 is 0 Å². The molecule has 1 fully saturated rings. The van der Waals surface area contributed by atoms with Gasteiger partial charge in [0.05, 0.1) is 0 Å². The van der Waals surface area contributed by atoms with Crippen LogP contribution < -0.4 is 10.6 Å². The maximum absolute atomic E-state index is 4.83. The normalized spacial score (nSPS) is 19.2. The van der Waals surface area contributed by atoms with Gasteiger partial charge in [0.25, 0.3) is 0 Å². The Bertz CT molecular complexity index is 326. The van der Waals surface area contributed by atoms with Crippen molar-refractivity contribution in [3.63, 3.8) is 0 Å². The Balaban J connectivity index is 0.00000529. The second-order valence-electron chi connectivity index (χ2n) is 7.01. The number of guanidine groups is 1. The SMILES string of the molecule is CCNC(=NCC1CCCN(CC(C)C)C1)NCCCCSC.I. The topological polar surface area (TPSA) is 39.7 Å². The van der Waals surface area contributed by atoms with Crippen molar-refractivity contribution in [2.75, 3.05) is 51.3 Å². The predicted octanol–water partition coefficient (Wildman–Crippen LogP) is 3.67. The summed E-state index contributed by atoms with van der Waals surface area (Å²) in [7, 11) is 0. The smallest absolute Gasteiger partial charge is 0.191 e. The number of hydrogen-bond donors (Lipinski definition) is 2. The van der Waals surface area contributed by atoms with Gasteiger partial charge in [-0.25, -0.2) is 0 Å². The minimum atomic E-state index is 0. The van der Waals surface area contributed by atoms with Crippen LogP contribution >= 0.6 is 35.7 Å². The first-order valence-electron chi connectivity index (χ1n) is 9.39. The number of hydrogen-bond acceptors (Lipinski definition) is 3. The number of unbranched alkanes of at least 4 members (excludes halogenated alkanes) is 1. The molecule has 1 aliphatic rings. The number of aliphatic imine (C=N–C) groups is 1. The van der Waals surface area contributed by atoms with Gasteiger partial charge in [-0.3, -0.25) is 4.99 Å². The van der Waals surface area contributed by atoms with Gasteiger partial charge < -0.3 is 15.5 Å². The van der Waals surface area contributed by atoms with E-state index < -0.39 is 0 Å². The molecule has 0 amide bonds. The molecule has 0 aliphatic carbocycles. The standard InChI is InChI=1S/C18H38N4S.HI/c1-5-19-18(20-10-6-7-12-23-4)21-13-17-9-8-11-22(15-17)14-16(2)3;/h16-17H,5-15H2,1-4H3,(H2,19,20,21);1H. The van der Waals surface area contributed by atoms with Crippen LogP contribution in [0.25, 0.3) is 0 Å². The average Bonchev–Trinajstić information content (AvgIpc) is 2.52. The van der Waals surface area contributed by atoms with Crippen LogP contribution in [0.1, 0.15) is 46.5 Å². The average molecular weight is 471 g/mol. The van der Waals surface area contributed by atoms with Crippen LogP contribution in [0.3, 0.4) is 0 Å². The fraction of sp³-hybridized carbons (Fsp3) is 0.944. The number of rotatable bonds is 10. The number of thioether (sulfide) groups is 1. The summed E-state index contributed by atoms with van der Waals surface area (Å²) in [5, 5.41) is 6.86. The highest BCUT2D eigenvalue weighted by molar-refractivity contribution is 14.0. The highest BCUT2D eigenvalue weighted by Crippen LogP contribution is 2.17. The van der Waals surface area contributed by atoms with Crippen molar-refractivity contribution >= 4 is 41.7 Å². The number of nitrogens with zero attached hydrogens (tertiary/aromatic N) is 2. The van der Waals surface area contributed by atoms with E-state index in [4.69, 9.17) is 4.99 Å². The molecule has 6 heteroatoms. The molecule has 1 saturated heterocycles. The summed E-state index contributed by atoms with van der Waals surface area (Å²) in [5.74, 6) is 3.73. The highest BCUT2D eigenvalue weighted by Gasteiger charge is 2.20. The van der Waals surface area contributed by atoms with Crippen LogP contribution in [0.2, 0.25) is 0 Å². The van der Waals surface area contributed by atoms with Crippen molar-refractivity contribution in [1.29, 1.82) is 0 Å². The van der Waals surface area contributed by atoms with Crippen molar-refractivity contribution in [2.24, 2.45) is 16.8 Å². The molecule has 1 unspecified atom stereocenters. The lowest BCUT2D eigenvalue weighted by molar-refractivity contribution is 0.162. The first-order chi connectivity index (χ1) is 11.2. The lowest BCUT2D eigenvalue weighted by Gasteiger charge is -2.33. The molecule has 1 aliphatic heterocycles. The van der Waals surface area contributed by atoms with Gasteiger partial charge in [-0.2, -0.15) is 11.8 Å². The molecule has 1 atom stereocenters. The summed E-state index contributed by atoms with van der Waals surface area (Å²) in [6.07, 6.45) is 7.32. The Morgan fingerprint density at radius 1 is 1.29 bits per heavy atom. The Morgan fingerprint density at radius 2 is 2.08 bits per heavy atom. The van der Waals surface area contributed by atoms with Crippen LogP contribution in [0.4, 0.5) is 0 Å². The molecule has 0 spiro atoms. The third-order valence-electron chi connectivity index (χ3n) is 4.15. The maximum Gasteiger partial charge on any atom is 0.191 e. The second kappa shape index (κ2) is 15.6. The quantitative estimate of drug-likeness (QED) is 0.221. The Morgan fingerprint density at radius 3 is 2.75 bits per heavy atom. The van der Waals surface area contributed by atoms with E-state index >= 15 is 0 Å². The van der Waals surface area contributed by atoms with E-state index in [-0.39, 0.29) is 24.0 Å². The first kappa shape index (κ1) is 24.3. The molecular weight excluding hydrogens is 431 g/mol. The summed E-state index contributed by atoms with van der Waals surface area (Å²) in [6.45, 7) is 13.4. The van der Waals surface area contributed by atoms with E-state index in [0.717, 1.165) is 37.4 Å². The third kappa shape index (κ3) is 11.8. The van der Waals surface area contributed by atoms with E-state index in [1.165, 1.54) is 51.1 Å². The van der Waals surface area contributed by atoms with Gasteiger partial charge in [0.2, 0.25) is 0 Å². The lowest BCUT2D eigenvalue weighted by Crippen LogP contribution is -2.40. The molecule has 144 valence electrons. The van der Waals surface area contributed by atoms with Gasteiger partial charge in [0, 0.05) is 32.7 Å². The summed E-state index contributed by atoms with van der Waals surface area (Å²) in [5.41, 5.74) is 0. The summed E-state index contributed by atoms with van der Waals surface area (Å²) in [6, 6.07) is 0. The predicted molar refractivity (Wildman–Crippen MR) is 121 cm³/mol. The molecule has 1 heterocycles. The van der Waals surface area contributed by atoms with Crippen molar-refractivity contribution in [2.45, 2.75) is 46.5 Å². The van der Waals surface area contributed by atoms with Crippen molar-refractivity contribution in [1.82, 2.24) is 15.5 Å². The molecule has 2 N–H and O–H groups in total. The molecule has 1 rings (SSSR count). The first-order valence-corrected chi connectivity index (χ1v) is 10.8. The van der Waals surface area contributed by atoms with Crippen molar-refractivity contribution in [3.8, 4) is 0 Å². The van der Waals surface area contributed by atoms with Crippen LogP contribution in [0.15, 0.2) is 4.99 Å². The second-order valence-corrected chi connectivity index (χ2v) is 7.99. The molecule has 4 nitrogen and oxygen atoms in total. The summed E-state index contributed by atoms with van der Waals surface area (Å²) >= 11 is 1.93. The third-order valence-corrected chi connectivity index (χ3v) is 4.84. The molecular formula is C18H39IN4S. The maximum atomic E-state index is 4.83. The molecule has 0 bridgehead atoms. The van der Waals surface area contributed by atoms with Crippen molar-refractivity contribution < 1.29 is 0 Å². The van der Waals surface area contributed by atoms with E-state index in [2.05, 4.69) is 42.6 Å². The monoisotopic (exact) mass is 470 g/mol. The minimum Gasteiger partial charge on any atom is -0.357 e. The van der Waals surface area contributed by atoms with Gasteiger partial charge in [-0.15, -0.1) is 24.0 Å². The largest absolute Gasteiger partial charge is 0.357 e. The Labute approximate surface area is 171 Å². The van der Waals surface area contributed by atoms with Gasteiger partial charge in [0.15, 0.2) is 5.96 Å². The molecule has 24 heavy (non-hydrogen) atoms. The van der Waals surface area contributed by atoms with E-state index in [0.29, 0.717) is 0 Å². The molecule has 0 aromatic rings. The number of piperidine rings is 1. The van der Waals surface area contributed by atoms with Crippen LogP contribution in [0, 0.1) is 11.8 Å². The lowest BCUT2D eigenvalue weighted by atomic mass is 9.97. The van der Waals surface area contributed by atoms with Gasteiger partial charge in [0.1, 0.15) is 0 Å². The molecule has 0 aromatic carbocycles. The fourth-order valence-electron chi connectivity index (χ4n) is 3.12. The fourth-order valence-corrected chi connectivity index (χ4v) is 3.62. The zero-order valence-electron chi connectivity index (χ0n) is 16.1. The number of likely N-dealkylation sites (tertiary alicyclic amines) is 1. The minimum absolute atomic E-state index is 0. The highest BCUT2D eigenvalue weighted by atomic mass is 127. The molecule has 0 saturated carbocycles. The zero-order chi connectivity index (χ0) is 16.9. The van der Waals surface area contributed by atoms with Crippen molar-refractivity contribution in [3.05, 3.63) is 0 Å².